The molecule has 3 rings (SSSR count). The molecule has 2 aromatic rings. The molecule has 6 heteroatoms. The van der Waals surface area contributed by atoms with Crippen molar-refractivity contribution in [1.29, 1.82) is 0 Å². The zero-order valence-electron chi connectivity index (χ0n) is 18.7. The van der Waals surface area contributed by atoms with Gasteiger partial charge >= 0.3 is 5.97 Å². The highest BCUT2D eigenvalue weighted by Crippen LogP contribution is 2.49. The SMILES string of the molecule is CN=C(SCc1ccc(OC)cc1)[C@@]1(c2cccnc2)CCCC[C@@H]1CCOC(C)=O. The van der Waals surface area contributed by atoms with E-state index in [1.54, 1.807) is 18.9 Å². The van der Waals surface area contributed by atoms with Gasteiger partial charge in [0.2, 0.25) is 0 Å². The quantitative estimate of drug-likeness (QED) is 0.311. The number of aliphatic imine (C=N–C) groups is 1. The summed E-state index contributed by atoms with van der Waals surface area (Å²) < 4.78 is 10.6. The first kappa shape index (κ1) is 23.3. The Kier molecular flexibility index (Phi) is 8.52. The van der Waals surface area contributed by atoms with Gasteiger partial charge in [0.15, 0.2) is 0 Å². The van der Waals surface area contributed by atoms with Crippen LogP contribution in [0, 0.1) is 5.92 Å². The Hall–Kier alpha value is -2.34. The van der Waals surface area contributed by atoms with E-state index in [-0.39, 0.29) is 11.4 Å². The van der Waals surface area contributed by atoms with Gasteiger partial charge in [-0.15, -0.1) is 11.8 Å². The molecule has 1 aliphatic rings. The molecule has 0 spiro atoms. The largest absolute Gasteiger partial charge is 0.497 e. The molecule has 1 saturated carbocycles. The van der Waals surface area contributed by atoms with Crippen LogP contribution in [0.1, 0.15) is 50.2 Å². The van der Waals surface area contributed by atoms with Gasteiger partial charge in [-0.1, -0.05) is 31.0 Å². The zero-order chi connectivity index (χ0) is 22.1. The monoisotopic (exact) mass is 440 g/mol. The molecule has 1 aromatic heterocycles. The number of hydrogen-bond donors (Lipinski definition) is 0. The van der Waals surface area contributed by atoms with Crippen LogP contribution in [0.2, 0.25) is 0 Å². The van der Waals surface area contributed by atoms with Crippen molar-refractivity contribution >= 4 is 22.8 Å². The average Bonchev–Trinajstić information content (AvgIpc) is 2.81. The molecular weight excluding hydrogens is 408 g/mol. The van der Waals surface area contributed by atoms with E-state index in [0.717, 1.165) is 42.2 Å². The number of carbonyl (C=O) groups excluding carboxylic acids is 1. The van der Waals surface area contributed by atoms with E-state index in [4.69, 9.17) is 14.5 Å². The van der Waals surface area contributed by atoms with Gasteiger partial charge in [-0.05, 0) is 54.5 Å². The van der Waals surface area contributed by atoms with Crippen LogP contribution >= 0.6 is 11.8 Å². The fourth-order valence-electron chi connectivity index (χ4n) is 4.66. The summed E-state index contributed by atoms with van der Waals surface area (Å²) in [5.74, 6) is 1.84. The lowest BCUT2D eigenvalue weighted by atomic mass is 9.62. The molecular formula is C25H32N2O3S. The topological polar surface area (TPSA) is 60.8 Å². The molecule has 0 unspecified atom stereocenters. The number of ether oxygens (including phenoxy) is 2. The summed E-state index contributed by atoms with van der Waals surface area (Å²) in [5, 5.41) is 1.14. The molecule has 0 aliphatic heterocycles. The molecule has 2 atom stereocenters. The number of methoxy groups -OCH3 is 1. The van der Waals surface area contributed by atoms with E-state index in [0.29, 0.717) is 12.5 Å². The van der Waals surface area contributed by atoms with Crippen molar-refractivity contribution in [3.63, 3.8) is 0 Å². The number of hydrogen-bond acceptors (Lipinski definition) is 6. The van der Waals surface area contributed by atoms with Gasteiger partial charge in [0.25, 0.3) is 0 Å². The maximum absolute atomic E-state index is 11.3. The average molecular weight is 441 g/mol. The number of thioether (sulfide) groups is 1. The zero-order valence-corrected chi connectivity index (χ0v) is 19.5. The van der Waals surface area contributed by atoms with Crippen LogP contribution in [-0.4, -0.2) is 36.8 Å². The van der Waals surface area contributed by atoms with Gasteiger partial charge in [0, 0.05) is 37.5 Å². The minimum Gasteiger partial charge on any atom is -0.497 e. The van der Waals surface area contributed by atoms with Crippen molar-refractivity contribution in [3.8, 4) is 5.75 Å². The van der Waals surface area contributed by atoms with E-state index < -0.39 is 0 Å². The highest BCUT2D eigenvalue weighted by Gasteiger charge is 2.46. The summed E-state index contributed by atoms with van der Waals surface area (Å²) in [6.07, 6.45) is 9.11. The lowest BCUT2D eigenvalue weighted by molar-refractivity contribution is -0.141. The number of pyridine rings is 1. The van der Waals surface area contributed by atoms with Gasteiger partial charge in [0.05, 0.1) is 18.8 Å². The third kappa shape index (κ3) is 5.67. The second-order valence-corrected chi connectivity index (χ2v) is 8.91. The second kappa shape index (κ2) is 11.3. The summed E-state index contributed by atoms with van der Waals surface area (Å²) in [7, 11) is 3.58. The Morgan fingerprint density at radius 1 is 1.26 bits per heavy atom. The summed E-state index contributed by atoms with van der Waals surface area (Å²) in [4.78, 5) is 20.6. The minimum absolute atomic E-state index is 0.196. The molecule has 1 heterocycles. The van der Waals surface area contributed by atoms with Crippen LogP contribution in [0.4, 0.5) is 0 Å². The fraction of sp³-hybridized carbons (Fsp3) is 0.480. The maximum atomic E-state index is 11.3. The van der Waals surface area contributed by atoms with Crippen molar-refractivity contribution in [1.82, 2.24) is 4.98 Å². The number of rotatable bonds is 8. The number of nitrogens with zero attached hydrogens (tertiary/aromatic N) is 2. The summed E-state index contributed by atoms with van der Waals surface area (Å²) >= 11 is 1.81. The number of esters is 1. The molecule has 1 fully saturated rings. The summed E-state index contributed by atoms with van der Waals surface area (Å²) in [6, 6.07) is 12.4. The molecule has 166 valence electrons. The van der Waals surface area contributed by atoms with Crippen molar-refractivity contribution in [2.75, 3.05) is 20.8 Å². The Morgan fingerprint density at radius 2 is 2.06 bits per heavy atom. The number of aromatic nitrogens is 1. The predicted molar refractivity (Wildman–Crippen MR) is 127 cm³/mol. The normalized spacial score (nSPS) is 21.5. The van der Waals surface area contributed by atoms with Gasteiger partial charge in [-0.2, -0.15) is 0 Å². The summed E-state index contributed by atoms with van der Waals surface area (Å²) in [6.45, 7) is 1.92. The fourth-order valence-corrected chi connectivity index (χ4v) is 5.93. The van der Waals surface area contributed by atoms with Crippen LogP contribution in [0.25, 0.3) is 0 Å². The third-order valence-corrected chi connectivity index (χ3v) is 7.44. The summed E-state index contributed by atoms with van der Waals surface area (Å²) in [5.41, 5.74) is 2.25. The highest BCUT2D eigenvalue weighted by atomic mass is 32.2. The Labute approximate surface area is 189 Å². The Balaban J connectivity index is 1.88. The van der Waals surface area contributed by atoms with Gasteiger partial charge in [-0.3, -0.25) is 14.8 Å². The maximum Gasteiger partial charge on any atom is 0.302 e. The lowest BCUT2D eigenvalue weighted by Crippen LogP contribution is -2.45. The Morgan fingerprint density at radius 3 is 2.71 bits per heavy atom. The first-order valence-electron chi connectivity index (χ1n) is 10.9. The number of carbonyl (C=O) groups is 1. The van der Waals surface area contributed by atoms with E-state index in [9.17, 15) is 4.79 Å². The smallest absolute Gasteiger partial charge is 0.302 e. The minimum atomic E-state index is -0.221. The molecule has 0 radical (unpaired) electrons. The van der Waals surface area contributed by atoms with E-state index in [1.807, 2.05) is 37.6 Å². The lowest BCUT2D eigenvalue weighted by Gasteiger charge is -2.45. The first-order chi connectivity index (χ1) is 15.1. The van der Waals surface area contributed by atoms with Crippen molar-refractivity contribution in [2.45, 2.75) is 50.2 Å². The van der Waals surface area contributed by atoms with Crippen LogP contribution in [0.5, 0.6) is 5.75 Å². The molecule has 5 nitrogen and oxygen atoms in total. The van der Waals surface area contributed by atoms with Gasteiger partial charge in [-0.25, -0.2) is 0 Å². The second-order valence-electron chi connectivity index (χ2n) is 7.95. The molecule has 1 aromatic carbocycles. The molecule has 1 aliphatic carbocycles. The van der Waals surface area contributed by atoms with Gasteiger partial charge in [0.1, 0.15) is 5.75 Å². The van der Waals surface area contributed by atoms with E-state index in [2.05, 4.69) is 23.2 Å². The first-order valence-corrected chi connectivity index (χ1v) is 11.9. The van der Waals surface area contributed by atoms with Crippen molar-refractivity contribution in [3.05, 3.63) is 59.9 Å². The standard InChI is InChI=1S/C25H32N2O3S/c1-19(28)30-16-13-21-7-4-5-14-25(21,22-8-6-15-27-17-22)24(26-2)31-18-20-9-11-23(29-3)12-10-20/h6,8-12,15,17,21H,4-5,7,13-14,16,18H2,1-3H3/t21-,25+/m1/s1. The van der Waals surface area contributed by atoms with Crippen LogP contribution in [-0.2, 0) is 20.7 Å². The number of benzene rings is 1. The van der Waals surface area contributed by atoms with Crippen LogP contribution in [0.3, 0.4) is 0 Å². The van der Waals surface area contributed by atoms with E-state index >= 15 is 0 Å². The highest BCUT2D eigenvalue weighted by molar-refractivity contribution is 8.13. The Bertz CT molecular complexity index is 870. The molecule has 0 saturated heterocycles. The van der Waals surface area contributed by atoms with Crippen LogP contribution < -0.4 is 4.74 Å². The molecule has 0 amide bonds. The van der Waals surface area contributed by atoms with Gasteiger partial charge < -0.3 is 9.47 Å². The molecule has 0 bridgehead atoms. The van der Waals surface area contributed by atoms with Crippen molar-refractivity contribution < 1.29 is 14.3 Å². The predicted octanol–water partition coefficient (Wildman–Crippen LogP) is 5.43. The molecule has 0 N–H and O–H groups in total. The van der Waals surface area contributed by atoms with E-state index in [1.165, 1.54) is 24.5 Å². The van der Waals surface area contributed by atoms with Crippen molar-refractivity contribution in [2.24, 2.45) is 10.9 Å². The third-order valence-electron chi connectivity index (χ3n) is 6.14. The van der Waals surface area contributed by atoms with Crippen LogP contribution in [0.15, 0.2) is 53.8 Å². The molecule has 31 heavy (non-hydrogen) atoms.